The van der Waals surface area contributed by atoms with Crippen LogP contribution in [0, 0.1) is 0 Å². The number of methoxy groups -OCH3 is 2. The standard InChI is InChI=1S/C22H26ClN3O6/c1-6-31-17-10-8-9-15(21(17)32-7-2)25-26-20(13(3)27)22(28)24-16-11-14(29-4)12-18(30-5)19(16)23/h8-12,20H,6-7H2,1-5H3,(H,24,28). The molecule has 1 N–H and O–H groups in total. The number of halogens is 1. The van der Waals surface area contributed by atoms with E-state index in [1.807, 2.05) is 13.8 Å². The van der Waals surface area contributed by atoms with Crippen LogP contribution in [0.1, 0.15) is 20.8 Å². The lowest BCUT2D eigenvalue weighted by atomic mass is 10.2. The Morgan fingerprint density at radius 2 is 1.78 bits per heavy atom. The van der Waals surface area contributed by atoms with Crippen LogP contribution in [0.3, 0.4) is 0 Å². The summed E-state index contributed by atoms with van der Waals surface area (Å²) in [5.41, 5.74) is 0.542. The Hall–Kier alpha value is -3.33. The molecule has 0 bridgehead atoms. The van der Waals surface area contributed by atoms with Crippen LogP contribution in [0.4, 0.5) is 11.4 Å². The van der Waals surface area contributed by atoms with Crippen LogP contribution in [-0.4, -0.2) is 45.2 Å². The monoisotopic (exact) mass is 463 g/mol. The van der Waals surface area contributed by atoms with Crippen molar-refractivity contribution < 1.29 is 28.5 Å². The molecule has 0 saturated heterocycles. The number of ketones is 1. The van der Waals surface area contributed by atoms with E-state index in [-0.39, 0.29) is 10.7 Å². The second-order valence-corrected chi connectivity index (χ2v) is 6.76. The Balaban J connectivity index is 2.34. The molecule has 2 aromatic rings. The van der Waals surface area contributed by atoms with E-state index in [4.69, 9.17) is 30.5 Å². The average Bonchev–Trinajstić information content (AvgIpc) is 2.77. The summed E-state index contributed by atoms with van der Waals surface area (Å²) >= 11 is 6.28. The van der Waals surface area contributed by atoms with E-state index in [2.05, 4.69) is 15.5 Å². The quantitative estimate of drug-likeness (QED) is 0.377. The van der Waals surface area contributed by atoms with Gasteiger partial charge in [0, 0.05) is 12.1 Å². The first kappa shape index (κ1) is 24.9. The van der Waals surface area contributed by atoms with Crippen molar-refractivity contribution in [2.45, 2.75) is 26.8 Å². The van der Waals surface area contributed by atoms with Crippen molar-refractivity contribution in [3.63, 3.8) is 0 Å². The summed E-state index contributed by atoms with van der Waals surface area (Å²) in [7, 11) is 2.90. The second kappa shape index (κ2) is 11.9. The number of Topliss-reactive ketones (excluding diaryl/α,β-unsaturated/α-hetero) is 1. The molecule has 0 aliphatic heterocycles. The number of hydrogen-bond donors (Lipinski definition) is 1. The molecule has 1 amide bonds. The molecule has 0 aliphatic carbocycles. The number of anilines is 1. The molecule has 32 heavy (non-hydrogen) atoms. The van der Waals surface area contributed by atoms with E-state index in [9.17, 15) is 9.59 Å². The first-order valence-electron chi connectivity index (χ1n) is 9.88. The molecule has 10 heteroatoms. The number of hydrogen-bond acceptors (Lipinski definition) is 8. The number of benzene rings is 2. The van der Waals surface area contributed by atoms with Gasteiger partial charge in [-0.2, -0.15) is 10.2 Å². The third kappa shape index (κ3) is 6.10. The van der Waals surface area contributed by atoms with Gasteiger partial charge in [-0.15, -0.1) is 0 Å². The van der Waals surface area contributed by atoms with Crippen LogP contribution < -0.4 is 24.3 Å². The predicted molar refractivity (Wildman–Crippen MR) is 121 cm³/mol. The van der Waals surface area contributed by atoms with Gasteiger partial charge in [0.15, 0.2) is 17.3 Å². The van der Waals surface area contributed by atoms with Crippen LogP contribution in [0.15, 0.2) is 40.6 Å². The average molecular weight is 464 g/mol. The molecule has 0 aromatic heterocycles. The maximum absolute atomic E-state index is 12.8. The molecule has 1 atom stereocenters. The number of amides is 1. The predicted octanol–water partition coefficient (Wildman–Crippen LogP) is 4.83. The molecular weight excluding hydrogens is 438 g/mol. The van der Waals surface area contributed by atoms with Crippen LogP contribution >= 0.6 is 11.6 Å². The number of carbonyl (C=O) groups excluding carboxylic acids is 2. The fourth-order valence-corrected chi connectivity index (χ4v) is 2.94. The first-order valence-corrected chi connectivity index (χ1v) is 10.3. The van der Waals surface area contributed by atoms with E-state index >= 15 is 0 Å². The van der Waals surface area contributed by atoms with E-state index in [0.717, 1.165) is 0 Å². The van der Waals surface area contributed by atoms with Crippen molar-refractivity contribution in [2.75, 3.05) is 32.8 Å². The van der Waals surface area contributed by atoms with E-state index in [0.29, 0.717) is 41.9 Å². The minimum atomic E-state index is -1.41. The minimum absolute atomic E-state index is 0.156. The highest BCUT2D eigenvalue weighted by Crippen LogP contribution is 2.38. The van der Waals surface area contributed by atoms with Gasteiger partial charge >= 0.3 is 0 Å². The van der Waals surface area contributed by atoms with Crippen molar-refractivity contribution in [3.8, 4) is 23.0 Å². The Labute approximate surface area is 191 Å². The largest absolute Gasteiger partial charge is 0.497 e. The zero-order chi connectivity index (χ0) is 23.7. The number of nitrogens with zero attached hydrogens (tertiary/aromatic N) is 2. The van der Waals surface area contributed by atoms with E-state index in [1.165, 1.54) is 27.2 Å². The van der Waals surface area contributed by atoms with Crippen molar-refractivity contribution in [2.24, 2.45) is 10.2 Å². The molecule has 9 nitrogen and oxygen atoms in total. The maximum atomic E-state index is 12.8. The highest BCUT2D eigenvalue weighted by Gasteiger charge is 2.25. The number of carbonyl (C=O) groups is 2. The topological polar surface area (TPSA) is 108 Å². The van der Waals surface area contributed by atoms with E-state index < -0.39 is 17.7 Å². The summed E-state index contributed by atoms with van der Waals surface area (Å²) in [5.74, 6) is 0.371. The Bertz CT molecular complexity index is 996. The van der Waals surface area contributed by atoms with Crippen molar-refractivity contribution in [3.05, 3.63) is 35.4 Å². The summed E-state index contributed by atoms with van der Waals surface area (Å²) in [4.78, 5) is 25.0. The molecule has 1 unspecified atom stereocenters. The summed E-state index contributed by atoms with van der Waals surface area (Å²) in [6, 6.07) is 6.77. The van der Waals surface area contributed by atoms with Gasteiger partial charge in [0.2, 0.25) is 6.04 Å². The fraction of sp³-hybridized carbons (Fsp3) is 0.364. The van der Waals surface area contributed by atoms with Crippen molar-refractivity contribution >= 4 is 34.7 Å². The number of ether oxygens (including phenoxy) is 4. The number of para-hydroxylation sites is 1. The zero-order valence-electron chi connectivity index (χ0n) is 18.6. The van der Waals surface area contributed by atoms with Crippen LogP contribution in [0.5, 0.6) is 23.0 Å². The molecule has 0 fully saturated rings. The summed E-state index contributed by atoms with van der Waals surface area (Å²) in [6.07, 6.45) is 0. The van der Waals surface area contributed by atoms with Crippen LogP contribution in [0.25, 0.3) is 0 Å². The molecule has 172 valence electrons. The van der Waals surface area contributed by atoms with Gasteiger partial charge in [-0.1, -0.05) is 17.7 Å². The van der Waals surface area contributed by atoms with Gasteiger partial charge in [-0.05, 0) is 32.9 Å². The van der Waals surface area contributed by atoms with E-state index in [1.54, 1.807) is 24.3 Å². The van der Waals surface area contributed by atoms with Crippen molar-refractivity contribution in [1.82, 2.24) is 0 Å². The molecular formula is C22H26ClN3O6. The fourth-order valence-electron chi connectivity index (χ4n) is 2.71. The zero-order valence-corrected chi connectivity index (χ0v) is 19.4. The second-order valence-electron chi connectivity index (χ2n) is 6.38. The normalized spacial score (nSPS) is 11.7. The van der Waals surface area contributed by atoms with Gasteiger partial charge in [-0.3, -0.25) is 9.59 Å². The van der Waals surface area contributed by atoms with Gasteiger partial charge in [0.25, 0.3) is 5.91 Å². The smallest absolute Gasteiger partial charge is 0.258 e. The van der Waals surface area contributed by atoms with Gasteiger partial charge < -0.3 is 24.3 Å². The van der Waals surface area contributed by atoms with Crippen LogP contribution in [-0.2, 0) is 9.59 Å². The molecule has 0 heterocycles. The third-order valence-corrected chi connectivity index (χ3v) is 4.58. The molecule has 0 radical (unpaired) electrons. The summed E-state index contributed by atoms with van der Waals surface area (Å²) < 4.78 is 21.6. The van der Waals surface area contributed by atoms with Gasteiger partial charge in [-0.25, -0.2) is 0 Å². The molecule has 2 aromatic carbocycles. The number of rotatable bonds is 11. The highest BCUT2D eigenvalue weighted by atomic mass is 35.5. The summed E-state index contributed by atoms with van der Waals surface area (Å²) in [6.45, 7) is 5.72. The molecule has 0 aliphatic rings. The lowest BCUT2D eigenvalue weighted by Crippen LogP contribution is -2.32. The maximum Gasteiger partial charge on any atom is 0.258 e. The Morgan fingerprint density at radius 1 is 1.06 bits per heavy atom. The SMILES string of the molecule is CCOc1cccc(N=NC(C(C)=O)C(=O)Nc2cc(OC)cc(OC)c2Cl)c1OCC. The molecule has 2 rings (SSSR count). The Kier molecular flexibility index (Phi) is 9.27. The summed E-state index contributed by atoms with van der Waals surface area (Å²) in [5, 5.41) is 10.8. The number of azo groups is 1. The van der Waals surface area contributed by atoms with Crippen molar-refractivity contribution in [1.29, 1.82) is 0 Å². The third-order valence-electron chi connectivity index (χ3n) is 4.19. The first-order chi connectivity index (χ1) is 15.4. The van der Waals surface area contributed by atoms with Gasteiger partial charge in [0.1, 0.15) is 22.2 Å². The van der Waals surface area contributed by atoms with Crippen LogP contribution in [0.2, 0.25) is 5.02 Å². The van der Waals surface area contributed by atoms with Gasteiger partial charge in [0.05, 0.1) is 33.1 Å². The highest BCUT2D eigenvalue weighted by molar-refractivity contribution is 6.35. The lowest BCUT2D eigenvalue weighted by Gasteiger charge is -2.15. The number of nitrogens with one attached hydrogen (secondary N) is 1. The molecule has 0 spiro atoms. The molecule has 0 saturated carbocycles. The minimum Gasteiger partial charge on any atom is -0.497 e. The lowest BCUT2D eigenvalue weighted by molar-refractivity contribution is -0.126. The Morgan fingerprint density at radius 3 is 2.38 bits per heavy atom.